The first-order chi connectivity index (χ1) is 20.8. The highest BCUT2D eigenvalue weighted by Gasteiger charge is 2.49. The van der Waals surface area contributed by atoms with Crippen LogP contribution in [0.5, 0.6) is 0 Å². The summed E-state index contributed by atoms with van der Waals surface area (Å²) in [5.74, 6) is -0.998. The van der Waals surface area contributed by atoms with Gasteiger partial charge in [0, 0.05) is 38.7 Å². The zero-order valence-corrected chi connectivity index (χ0v) is 24.9. The molecule has 2 atom stereocenters. The lowest BCUT2D eigenvalue weighted by molar-refractivity contribution is -0.137. The highest BCUT2D eigenvalue weighted by molar-refractivity contribution is 6.10. The van der Waals surface area contributed by atoms with Gasteiger partial charge in [0.05, 0.1) is 48.0 Å². The first-order valence-corrected chi connectivity index (χ1v) is 14.2. The van der Waals surface area contributed by atoms with Gasteiger partial charge in [0.2, 0.25) is 17.7 Å². The molecular formula is C31H32F3N7O3. The quantitative estimate of drug-likeness (QED) is 0.418. The number of benzene rings is 1. The van der Waals surface area contributed by atoms with Crippen molar-refractivity contribution in [1.82, 2.24) is 19.4 Å². The zero-order chi connectivity index (χ0) is 31.7. The number of fused-ring (bicyclic) bond motifs is 3. The topological polar surface area (TPSA) is 94.9 Å². The summed E-state index contributed by atoms with van der Waals surface area (Å²) in [5, 5.41) is 0. The smallest absolute Gasteiger partial charge is 0.362 e. The van der Waals surface area contributed by atoms with Gasteiger partial charge in [-0.3, -0.25) is 19.3 Å². The van der Waals surface area contributed by atoms with E-state index in [0.717, 1.165) is 45.5 Å². The summed E-state index contributed by atoms with van der Waals surface area (Å²) in [5.41, 5.74) is 3.23. The molecule has 13 heteroatoms. The van der Waals surface area contributed by atoms with Gasteiger partial charge < -0.3 is 19.3 Å². The minimum atomic E-state index is -4.64. The third kappa shape index (κ3) is 4.80. The largest absolute Gasteiger partial charge is 0.416 e. The molecule has 44 heavy (non-hydrogen) atoms. The number of hydrogen-bond donors (Lipinski definition) is 0. The maximum absolute atomic E-state index is 14.1. The summed E-state index contributed by atoms with van der Waals surface area (Å²) >= 11 is 0. The number of imidazole rings is 1. The Morgan fingerprint density at radius 3 is 2.55 bits per heavy atom. The van der Waals surface area contributed by atoms with Gasteiger partial charge in [0.25, 0.3) is 0 Å². The van der Waals surface area contributed by atoms with Crippen LogP contribution in [0.2, 0.25) is 0 Å². The Morgan fingerprint density at radius 2 is 1.86 bits per heavy atom. The number of nitrogens with zero attached hydrogens (tertiary/aromatic N) is 7. The van der Waals surface area contributed by atoms with E-state index in [9.17, 15) is 27.6 Å². The molecule has 1 aromatic carbocycles. The molecule has 3 aliphatic rings. The summed E-state index contributed by atoms with van der Waals surface area (Å²) in [6, 6.07) is 6.31. The van der Waals surface area contributed by atoms with E-state index in [1.54, 1.807) is 11.9 Å². The molecule has 5 heterocycles. The second-order valence-corrected chi connectivity index (χ2v) is 11.6. The summed E-state index contributed by atoms with van der Waals surface area (Å²) in [6.07, 6.45) is -3.39. The molecule has 0 bridgehead atoms. The number of likely N-dealkylation sites (N-methyl/N-ethyl adjacent to an activating group) is 1. The lowest BCUT2D eigenvalue weighted by atomic mass is 9.95. The molecule has 0 unspecified atom stereocenters. The molecule has 10 nitrogen and oxygen atoms in total. The third-order valence-electron chi connectivity index (χ3n) is 8.77. The third-order valence-corrected chi connectivity index (χ3v) is 8.77. The number of carbonyl (C=O) groups excluding carboxylic acids is 3. The van der Waals surface area contributed by atoms with Gasteiger partial charge in [-0.2, -0.15) is 13.2 Å². The lowest BCUT2D eigenvalue weighted by Gasteiger charge is -2.39. The lowest BCUT2D eigenvalue weighted by Crippen LogP contribution is -2.52. The van der Waals surface area contributed by atoms with E-state index >= 15 is 0 Å². The number of rotatable bonds is 4. The van der Waals surface area contributed by atoms with Crippen molar-refractivity contribution in [3.05, 3.63) is 77.0 Å². The van der Waals surface area contributed by atoms with Crippen molar-refractivity contribution in [3.8, 4) is 0 Å². The van der Waals surface area contributed by atoms with Gasteiger partial charge in [0.15, 0.2) is 0 Å². The second-order valence-electron chi connectivity index (χ2n) is 11.6. The molecule has 0 radical (unpaired) electrons. The van der Waals surface area contributed by atoms with Crippen molar-refractivity contribution in [1.29, 1.82) is 0 Å². The maximum Gasteiger partial charge on any atom is 0.416 e. The summed E-state index contributed by atoms with van der Waals surface area (Å²) < 4.78 is 43.1. The number of aromatic nitrogens is 3. The van der Waals surface area contributed by atoms with Crippen molar-refractivity contribution < 1.29 is 27.6 Å². The van der Waals surface area contributed by atoms with Crippen molar-refractivity contribution in [3.63, 3.8) is 0 Å². The molecule has 3 amide bonds. The van der Waals surface area contributed by atoms with Gasteiger partial charge in [-0.05, 0) is 43.7 Å². The van der Waals surface area contributed by atoms with Crippen molar-refractivity contribution in [2.45, 2.75) is 52.1 Å². The van der Waals surface area contributed by atoms with Gasteiger partial charge in [0.1, 0.15) is 17.7 Å². The van der Waals surface area contributed by atoms with Crippen LogP contribution in [0.15, 0.2) is 43.0 Å². The molecule has 230 valence electrons. The number of pyridine rings is 1. The predicted octanol–water partition coefficient (Wildman–Crippen LogP) is 3.88. The fourth-order valence-electron chi connectivity index (χ4n) is 6.63. The average molecular weight is 608 g/mol. The van der Waals surface area contributed by atoms with E-state index in [0.29, 0.717) is 25.3 Å². The zero-order valence-electron chi connectivity index (χ0n) is 24.9. The predicted molar refractivity (Wildman–Crippen MR) is 157 cm³/mol. The van der Waals surface area contributed by atoms with Gasteiger partial charge >= 0.3 is 6.18 Å². The van der Waals surface area contributed by atoms with Crippen molar-refractivity contribution in [2.24, 2.45) is 13.0 Å². The number of carbonyl (C=O) groups is 3. The van der Waals surface area contributed by atoms with Crippen LogP contribution in [0.3, 0.4) is 0 Å². The Labute approximate surface area is 252 Å². The van der Waals surface area contributed by atoms with E-state index in [1.807, 2.05) is 36.7 Å². The van der Waals surface area contributed by atoms with Crippen molar-refractivity contribution >= 4 is 34.9 Å². The first kappa shape index (κ1) is 29.4. The molecule has 2 aromatic heterocycles. The van der Waals surface area contributed by atoms with E-state index < -0.39 is 35.5 Å². The van der Waals surface area contributed by atoms with Gasteiger partial charge in [-0.1, -0.05) is 18.7 Å². The maximum atomic E-state index is 14.1. The second kappa shape index (κ2) is 10.5. The molecule has 0 saturated carbocycles. The average Bonchev–Trinajstić information content (AvgIpc) is 3.61. The van der Waals surface area contributed by atoms with E-state index in [4.69, 9.17) is 4.98 Å². The minimum absolute atomic E-state index is 0.0331. The molecule has 3 aromatic rings. The summed E-state index contributed by atoms with van der Waals surface area (Å²) in [7, 11) is 3.51. The van der Waals surface area contributed by atoms with Crippen LogP contribution in [-0.2, 0) is 47.2 Å². The molecule has 0 aliphatic carbocycles. The standard InChI is InChI=1S/C31H32F3N7O3/c1-6-26(42)39-14-21-23(15-39)37(4)25(36-21)16-40-13-19-11-27(43)41(24-12-20(31(32,33)34)10-18(3)35-24)29(19)30(44)38(5)22-9-7-8-17(2)28(22)40/h6-10,12,19,29H,1,11,13-16H2,2-5H3/t19-,29+/m1/s1. The number of halogens is 3. The summed E-state index contributed by atoms with van der Waals surface area (Å²) in [6.45, 7) is 8.35. The van der Waals surface area contributed by atoms with E-state index in [1.165, 1.54) is 17.9 Å². The molecule has 0 spiro atoms. The number of aryl methyl sites for hydroxylation is 2. The normalized spacial score (nSPS) is 20.0. The Balaban J connectivity index is 1.40. The molecule has 1 fully saturated rings. The molecule has 0 N–H and O–H groups in total. The molecular weight excluding hydrogens is 575 g/mol. The SMILES string of the molecule is C=CC(=O)N1Cc2nc(CN3C[C@H]4CC(=O)N(c5cc(C(F)(F)F)cc(C)n5)[C@@H]4C(=O)N(C)c4cccc(C)c43)n(C)c2C1. The van der Waals surface area contributed by atoms with Gasteiger partial charge in [-0.15, -0.1) is 0 Å². The van der Waals surface area contributed by atoms with E-state index in [2.05, 4.69) is 16.5 Å². The van der Waals surface area contributed by atoms with Crippen molar-refractivity contribution in [2.75, 3.05) is 28.3 Å². The number of hydrogen-bond acceptors (Lipinski definition) is 6. The Bertz CT molecular complexity index is 1720. The molecule has 1 saturated heterocycles. The van der Waals surface area contributed by atoms with Crippen LogP contribution >= 0.6 is 0 Å². The minimum Gasteiger partial charge on any atom is -0.362 e. The first-order valence-electron chi connectivity index (χ1n) is 14.2. The van der Waals surface area contributed by atoms with Gasteiger partial charge in [-0.25, -0.2) is 9.97 Å². The highest BCUT2D eigenvalue weighted by Crippen LogP contribution is 2.42. The number of anilines is 3. The Kier molecular flexibility index (Phi) is 7.01. The summed E-state index contributed by atoms with van der Waals surface area (Å²) in [4.78, 5) is 55.3. The highest BCUT2D eigenvalue weighted by atomic mass is 19.4. The number of alkyl halides is 3. The van der Waals surface area contributed by atoms with E-state index in [-0.39, 0.29) is 30.4 Å². The fraction of sp³-hybridized carbons (Fsp3) is 0.387. The fourth-order valence-corrected chi connectivity index (χ4v) is 6.63. The van der Waals surface area contributed by atoms with Crippen LogP contribution in [0.4, 0.5) is 30.4 Å². The Hall–Kier alpha value is -4.68. The monoisotopic (exact) mass is 607 g/mol. The number of para-hydroxylation sites is 1. The molecule has 6 rings (SSSR count). The van der Waals surface area contributed by atoms with Crippen LogP contribution in [0.25, 0.3) is 0 Å². The molecule has 3 aliphatic heterocycles. The van der Waals surface area contributed by atoms with Crippen LogP contribution < -0.4 is 14.7 Å². The Morgan fingerprint density at radius 1 is 1.11 bits per heavy atom. The van der Waals surface area contributed by atoms with Crippen LogP contribution in [0.1, 0.15) is 40.5 Å². The number of amides is 3. The van der Waals surface area contributed by atoms with Crippen LogP contribution in [-0.4, -0.2) is 56.8 Å². The van der Waals surface area contributed by atoms with Crippen LogP contribution in [0, 0.1) is 19.8 Å².